The second-order valence-electron chi connectivity index (χ2n) is 6.19. The zero-order valence-electron chi connectivity index (χ0n) is 14.6. The SMILES string of the molecule is CSc1ccc2c(c1)N(C)c1ccccc1C(=O)N2CCN(C)C. The fourth-order valence-corrected chi connectivity index (χ4v) is 3.41. The van der Waals surface area contributed by atoms with Crippen molar-refractivity contribution >= 4 is 34.7 Å². The molecule has 1 heterocycles. The first kappa shape index (κ1) is 16.9. The van der Waals surface area contributed by atoms with Crippen LogP contribution in [0.1, 0.15) is 10.4 Å². The molecule has 1 amide bonds. The van der Waals surface area contributed by atoms with Gasteiger partial charge in [-0.1, -0.05) is 12.1 Å². The molecular formula is C19H23N3OS. The van der Waals surface area contributed by atoms with Crippen molar-refractivity contribution in [3.05, 3.63) is 48.0 Å². The molecule has 1 aliphatic heterocycles. The lowest BCUT2D eigenvalue weighted by Crippen LogP contribution is -2.36. The van der Waals surface area contributed by atoms with Gasteiger partial charge in [-0.3, -0.25) is 4.79 Å². The Kier molecular flexibility index (Phi) is 4.83. The number of carbonyl (C=O) groups excluding carboxylic acids is 1. The molecule has 2 aromatic carbocycles. The average Bonchev–Trinajstić information content (AvgIpc) is 2.68. The molecule has 0 aliphatic carbocycles. The summed E-state index contributed by atoms with van der Waals surface area (Å²) in [5, 5.41) is 0. The number of nitrogens with zero attached hydrogens (tertiary/aromatic N) is 3. The highest BCUT2D eigenvalue weighted by atomic mass is 32.2. The molecule has 0 N–H and O–H groups in total. The predicted octanol–water partition coefficient (Wildman–Crippen LogP) is 3.70. The molecule has 0 aromatic heterocycles. The monoisotopic (exact) mass is 341 g/mol. The van der Waals surface area contributed by atoms with Gasteiger partial charge in [0, 0.05) is 25.0 Å². The van der Waals surface area contributed by atoms with E-state index in [4.69, 9.17) is 0 Å². The third-order valence-electron chi connectivity index (χ3n) is 4.35. The van der Waals surface area contributed by atoms with Crippen LogP contribution in [0, 0.1) is 0 Å². The summed E-state index contributed by atoms with van der Waals surface area (Å²) in [6.45, 7) is 1.49. The van der Waals surface area contributed by atoms with E-state index in [1.807, 2.05) is 50.3 Å². The minimum Gasteiger partial charge on any atom is -0.342 e. The lowest BCUT2D eigenvalue weighted by Gasteiger charge is -2.26. The van der Waals surface area contributed by atoms with E-state index in [1.54, 1.807) is 11.8 Å². The number of likely N-dealkylation sites (N-methyl/N-ethyl adjacent to an activating group) is 1. The number of thioether (sulfide) groups is 1. The molecule has 0 bridgehead atoms. The summed E-state index contributed by atoms with van der Waals surface area (Å²) in [6, 6.07) is 14.2. The molecule has 3 rings (SSSR count). The van der Waals surface area contributed by atoms with E-state index in [9.17, 15) is 4.79 Å². The maximum atomic E-state index is 13.2. The number of hydrogen-bond acceptors (Lipinski definition) is 4. The Morgan fingerprint density at radius 2 is 1.79 bits per heavy atom. The van der Waals surface area contributed by atoms with Crippen LogP contribution in [-0.4, -0.2) is 51.3 Å². The number of rotatable bonds is 4. The van der Waals surface area contributed by atoms with Crippen LogP contribution in [-0.2, 0) is 0 Å². The van der Waals surface area contributed by atoms with Gasteiger partial charge >= 0.3 is 0 Å². The van der Waals surface area contributed by atoms with Gasteiger partial charge in [-0.05, 0) is 50.7 Å². The molecule has 0 saturated carbocycles. The Balaban J connectivity index is 2.16. The number of benzene rings is 2. The molecule has 1 aliphatic rings. The molecule has 2 aromatic rings. The molecule has 4 nitrogen and oxygen atoms in total. The van der Waals surface area contributed by atoms with Crippen LogP contribution in [0.25, 0.3) is 0 Å². The average molecular weight is 341 g/mol. The zero-order chi connectivity index (χ0) is 17.3. The van der Waals surface area contributed by atoms with Crippen LogP contribution in [0.5, 0.6) is 0 Å². The summed E-state index contributed by atoms with van der Waals surface area (Å²) < 4.78 is 0. The van der Waals surface area contributed by atoms with E-state index in [1.165, 1.54) is 4.90 Å². The van der Waals surface area contributed by atoms with Crippen LogP contribution in [0.4, 0.5) is 17.1 Å². The van der Waals surface area contributed by atoms with Gasteiger partial charge in [0.25, 0.3) is 5.91 Å². The Bertz CT molecular complexity index is 760. The number of hydrogen-bond donors (Lipinski definition) is 0. The number of carbonyl (C=O) groups is 1. The van der Waals surface area contributed by atoms with E-state index >= 15 is 0 Å². The van der Waals surface area contributed by atoms with Gasteiger partial charge in [0.2, 0.25) is 0 Å². The smallest absolute Gasteiger partial charge is 0.260 e. The highest BCUT2D eigenvalue weighted by molar-refractivity contribution is 7.98. The fraction of sp³-hybridized carbons (Fsp3) is 0.316. The van der Waals surface area contributed by atoms with E-state index < -0.39 is 0 Å². The standard InChI is InChI=1S/C19H23N3OS/c1-20(2)11-12-22-17-10-9-14(24-4)13-18(17)21(3)16-8-6-5-7-15(16)19(22)23/h5-10,13H,11-12H2,1-4H3. The molecule has 24 heavy (non-hydrogen) atoms. The minimum atomic E-state index is 0.0648. The number of amides is 1. The maximum Gasteiger partial charge on any atom is 0.260 e. The quantitative estimate of drug-likeness (QED) is 0.793. The summed E-state index contributed by atoms with van der Waals surface area (Å²) in [6.07, 6.45) is 2.07. The van der Waals surface area contributed by atoms with Gasteiger partial charge in [0.05, 0.1) is 22.6 Å². The van der Waals surface area contributed by atoms with Crippen molar-refractivity contribution in [1.29, 1.82) is 0 Å². The molecule has 0 unspecified atom stereocenters. The molecular weight excluding hydrogens is 318 g/mol. The first-order chi connectivity index (χ1) is 11.5. The lowest BCUT2D eigenvalue weighted by atomic mass is 10.1. The summed E-state index contributed by atoms with van der Waals surface area (Å²) in [5.74, 6) is 0.0648. The Hall–Kier alpha value is -1.98. The molecule has 126 valence electrons. The van der Waals surface area contributed by atoms with Gasteiger partial charge < -0.3 is 14.7 Å². The van der Waals surface area contributed by atoms with E-state index in [2.05, 4.69) is 34.3 Å². The van der Waals surface area contributed by atoms with Crippen LogP contribution in [0.2, 0.25) is 0 Å². The third-order valence-corrected chi connectivity index (χ3v) is 5.07. The van der Waals surface area contributed by atoms with Crippen LogP contribution in [0.15, 0.2) is 47.4 Å². The highest BCUT2D eigenvalue weighted by Gasteiger charge is 2.29. The molecule has 5 heteroatoms. The molecule has 0 radical (unpaired) electrons. The Morgan fingerprint density at radius 1 is 1.04 bits per heavy atom. The molecule has 0 fully saturated rings. The van der Waals surface area contributed by atoms with Gasteiger partial charge in [-0.2, -0.15) is 0 Å². The second-order valence-corrected chi connectivity index (χ2v) is 7.07. The van der Waals surface area contributed by atoms with Gasteiger partial charge in [-0.15, -0.1) is 11.8 Å². The van der Waals surface area contributed by atoms with Gasteiger partial charge in [-0.25, -0.2) is 0 Å². The number of fused-ring (bicyclic) bond motifs is 2. The lowest BCUT2D eigenvalue weighted by molar-refractivity contribution is 0.0986. The van der Waals surface area contributed by atoms with Crippen LogP contribution < -0.4 is 9.80 Å². The van der Waals surface area contributed by atoms with E-state index in [0.717, 1.165) is 29.2 Å². The highest BCUT2D eigenvalue weighted by Crippen LogP contribution is 2.41. The topological polar surface area (TPSA) is 26.8 Å². The molecule has 0 spiro atoms. The summed E-state index contributed by atoms with van der Waals surface area (Å²) in [5.41, 5.74) is 3.74. The van der Waals surface area contributed by atoms with Crippen molar-refractivity contribution in [2.24, 2.45) is 0 Å². The first-order valence-electron chi connectivity index (χ1n) is 8.00. The van der Waals surface area contributed by atoms with Crippen molar-refractivity contribution in [3.8, 4) is 0 Å². The van der Waals surface area contributed by atoms with E-state index in [0.29, 0.717) is 6.54 Å². The van der Waals surface area contributed by atoms with Crippen molar-refractivity contribution < 1.29 is 4.79 Å². The molecule has 0 atom stereocenters. The normalized spacial score (nSPS) is 13.8. The van der Waals surface area contributed by atoms with Crippen molar-refractivity contribution in [2.45, 2.75) is 4.90 Å². The summed E-state index contributed by atoms with van der Waals surface area (Å²) in [7, 11) is 6.09. The van der Waals surface area contributed by atoms with Crippen LogP contribution >= 0.6 is 11.8 Å². The number of anilines is 3. The fourth-order valence-electron chi connectivity index (χ4n) is 2.98. The second kappa shape index (κ2) is 6.87. The summed E-state index contributed by atoms with van der Waals surface area (Å²) >= 11 is 1.71. The summed E-state index contributed by atoms with van der Waals surface area (Å²) in [4.78, 5) is 20.5. The zero-order valence-corrected chi connectivity index (χ0v) is 15.4. The molecule has 0 saturated heterocycles. The predicted molar refractivity (Wildman–Crippen MR) is 103 cm³/mol. The van der Waals surface area contributed by atoms with Gasteiger partial charge in [0.1, 0.15) is 0 Å². The Labute approximate surface area is 148 Å². The van der Waals surface area contributed by atoms with E-state index in [-0.39, 0.29) is 5.91 Å². The maximum absolute atomic E-state index is 13.2. The minimum absolute atomic E-state index is 0.0648. The third kappa shape index (κ3) is 3.01. The first-order valence-corrected chi connectivity index (χ1v) is 9.23. The Morgan fingerprint density at radius 3 is 2.50 bits per heavy atom. The van der Waals surface area contributed by atoms with Crippen molar-refractivity contribution in [1.82, 2.24) is 4.90 Å². The van der Waals surface area contributed by atoms with Crippen molar-refractivity contribution in [3.63, 3.8) is 0 Å². The van der Waals surface area contributed by atoms with Gasteiger partial charge in [0.15, 0.2) is 0 Å². The van der Waals surface area contributed by atoms with Crippen molar-refractivity contribution in [2.75, 3.05) is 50.3 Å². The number of para-hydroxylation sites is 1. The van der Waals surface area contributed by atoms with Crippen LogP contribution in [0.3, 0.4) is 0 Å². The largest absolute Gasteiger partial charge is 0.342 e.